The number of ether oxygens (including phenoxy) is 1. The van der Waals surface area contributed by atoms with E-state index in [1.807, 2.05) is 39.8 Å². The fraction of sp³-hybridized carbons (Fsp3) is 0.462. The second kappa shape index (κ2) is 12.0. The standard InChI is InChI=1S/C26H36ClN3O5S/c1-8-22(25(32)28-26(3,4)5)29(16-19-9-12-21(35-6)13-10-19)24(31)17-30(36(7,33)34)23-14-11-20(27)15-18(23)2/h9-15,22H,8,16-17H2,1-7H3,(H,28,32)/t22-/m1/s1. The highest BCUT2D eigenvalue weighted by atomic mass is 35.5. The molecule has 2 aromatic carbocycles. The van der Waals surface area contributed by atoms with Crippen LogP contribution in [0.5, 0.6) is 5.75 Å². The molecule has 10 heteroatoms. The molecule has 2 amide bonds. The zero-order valence-corrected chi connectivity index (χ0v) is 23.5. The van der Waals surface area contributed by atoms with Crippen LogP contribution < -0.4 is 14.4 Å². The van der Waals surface area contributed by atoms with Gasteiger partial charge in [-0.25, -0.2) is 8.42 Å². The Balaban J connectivity index is 2.48. The van der Waals surface area contributed by atoms with Gasteiger partial charge in [-0.1, -0.05) is 30.7 Å². The molecule has 0 saturated carbocycles. The summed E-state index contributed by atoms with van der Waals surface area (Å²) < 4.78 is 31.8. The number of carbonyl (C=O) groups is 2. The van der Waals surface area contributed by atoms with E-state index in [4.69, 9.17) is 16.3 Å². The number of nitrogens with zero attached hydrogens (tertiary/aromatic N) is 2. The summed E-state index contributed by atoms with van der Waals surface area (Å²) in [5.41, 5.74) is 1.24. The first kappa shape index (κ1) is 29.5. The summed E-state index contributed by atoms with van der Waals surface area (Å²) in [4.78, 5) is 28.4. The lowest BCUT2D eigenvalue weighted by Gasteiger charge is -2.34. The molecule has 8 nitrogen and oxygen atoms in total. The van der Waals surface area contributed by atoms with Crippen molar-refractivity contribution >= 4 is 39.1 Å². The average Bonchev–Trinajstić information content (AvgIpc) is 2.76. The van der Waals surface area contributed by atoms with E-state index in [2.05, 4.69) is 5.32 Å². The fourth-order valence-electron chi connectivity index (χ4n) is 3.79. The lowest BCUT2D eigenvalue weighted by atomic mass is 10.1. The van der Waals surface area contributed by atoms with Gasteiger partial charge in [-0.2, -0.15) is 0 Å². The van der Waals surface area contributed by atoms with Crippen LogP contribution in [0.25, 0.3) is 0 Å². The van der Waals surface area contributed by atoms with Crippen LogP contribution in [0.3, 0.4) is 0 Å². The third-order valence-electron chi connectivity index (χ3n) is 5.50. The van der Waals surface area contributed by atoms with Crippen LogP contribution in [0, 0.1) is 6.92 Å². The number of anilines is 1. The zero-order valence-electron chi connectivity index (χ0n) is 22.0. The van der Waals surface area contributed by atoms with E-state index in [0.29, 0.717) is 28.4 Å². The van der Waals surface area contributed by atoms with Gasteiger partial charge in [-0.15, -0.1) is 0 Å². The molecule has 0 spiro atoms. The molecular weight excluding hydrogens is 502 g/mol. The summed E-state index contributed by atoms with van der Waals surface area (Å²) in [5, 5.41) is 3.40. The van der Waals surface area contributed by atoms with Crippen molar-refractivity contribution < 1.29 is 22.7 Å². The van der Waals surface area contributed by atoms with Crippen LogP contribution >= 0.6 is 11.6 Å². The normalized spacial score (nSPS) is 12.6. The number of aryl methyl sites for hydroxylation is 1. The maximum Gasteiger partial charge on any atom is 0.244 e. The summed E-state index contributed by atoms with van der Waals surface area (Å²) in [6.45, 7) is 8.79. The van der Waals surface area contributed by atoms with Gasteiger partial charge in [-0.3, -0.25) is 13.9 Å². The van der Waals surface area contributed by atoms with Gasteiger partial charge in [0, 0.05) is 17.1 Å². The van der Waals surface area contributed by atoms with Gasteiger partial charge < -0.3 is 15.0 Å². The lowest BCUT2D eigenvalue weighted by Crippen LogP contribution is -2.55. The van der Waals surface area contributed by atoms with Crippen molar-refractivity contribution in [3.8, 4) is 5.75 Å². The minimum absolute atomic E-state index is 0.121. The average molecular weight is 538 g/mol. The zero-order chi connectivity index (χ0) is 27.3. The number of nitrogens with one attached hydrogen (secondary N) is 1. The molecule has 0 aromatic heterocycles. The smallest absolute Gasteiger partial charge is 0.244 e. The number of benzene rings is 2. The van der Waals surface area contributed by atoms with E-state index in [1.165, 1.54) is 4.90 Å². The Morgan fingerprint density at radius 1 is 1.11 bits per heavy atom. The summed E-state index contributed by atoms with van der Waals surface area (Å²) in [5.74, 6) is -0.141. The molecule has 36 heavy (non-hydrogen) atoms. The third-order valence-corrected chi connectivity index (χ3v) is 6.86. The molecule has 0 bridgehead atoms. The van der Waals surface area contributed by atoms with E-state index in [-0.39, 0.29) is 12.5 Å². The third kappa shape index (κ3) is 8.13. The molecule has 1 atom stereocenters. The Bertz CT molecular complexity index is 1180. The number of hydrogen-bond acceptors (Lipinski definition) is 5. The first-order chi connectivity index (χ1) is 16.7. The summed E-state index contributed by atoms with van der Waals surface area (Å²) >= 11 is 6.06. The van der Waals surface area contributed by atoms with Crippen molar-refractivity contribution in [1.82, 2.24) is 10.2 Å². The Morgan fingerprint density at radius 3 is 2.19 bits per heavy atom. The topological polar surface area (TPSA) is 96.0 Å². The Kier molecular flexibility index (Phi) is 9.79. The first-order valence-corrected chi connectivity index (χ1v) is 13.9. The molecule has 0 aliphatic carbocycles. The second-order valence-corrected chi connectivity index (χ2v) is 12.1. The fourth-order valence-corrected chi connectivity index (χ4v) is 4.93. The van der Waals surface area contributed by atoms with Gasteiger partial charge in [0.1, 0.15) is 18.3 Å². The number of methoxy groups -OCH3 is 1. The van der Waals surface area contributed by atoms with Gasteiger partial charge in [0.25, 0.3) is 0 Å². The maximum absolute atomic E-state index is 13.7. The minimum atomic E-state index is -3.82. The van der Waals surface area contributed by atoms with E-state index >= 15 is 0 Å². The molecule has 2 aromatic rings. The number of carbonyl (C=O) groups excluding carboxylic acids is 2. The number of sulfonamides is 1. The van der Waals surface area contributed by atoms with Crippen molar-refractivity contribution in [3.05, 3.63) is 58.6 Å². The van der Waals surface area contributed by atoms with Crippen molar-refractivity contribution in [2.45, 2.75) is 59.2 Å². The van der Waals surface area contributed by atoms with E-state index < -0.39 is 34.1 Å². The van der Waals surface area contributed by atoms with Gasteiger partial charge in [0.05, 0.1) is 19.1 Å². The quantitative estimate of drug-likeness (QED) is 0.491. The van der Waals surface area contributed by atoms with Gasteiger partial charge in [-0.05, 0) is 75.6 Å². The Morgan fingerprint density at radius 2 is 1.72 bits per heavy atom. The van der Waals surface area contributed by atoms with Gasteiger partial charge >= 0.3 is 0 Å². The lowest BCUT2D eigenvalue weighted by molar-refractivity contribution is -0.141. The monoisotopic (exact) mass is 537 g/mol. The molecule has 1 N–H and O–H groups in total. The van der Waals surface area contributed by atoms with Crippen LogP contribution in [-0.2, 0) is 26.2 Å². The van der Waals surface area contributed by atoms with Crippen molar-refractivity contribution in [2.75, 3.05) is 24.2 Å². The van der Waals surface area contributed by atoms with Crippen LogP contribution in [-0.4, -0.2) is 56.6 Å². The highest BCUT2D eigenvalue weighted by Crippen LogP contribution is 2.26. The molecule has 0 aliphatic heterocycles. The molecule has 0 unspecified atom stereocenters. The molecule has 0 radical (unpaired) electrons. The van der Waals surface area contributed by atoms with Crippen LogP contribution in [0.2, 0.25) is 5.02 Å². The predicted octanol–water partition coefficient (Wildman–Crippen LogP) is 4.15. The van der Waals surface area contributed by atoms with Crippen LogP contribution in [0.4, 0.5) is 5.69 Å². The summed E-state index contributed by atoms with van der Waals surface area (Å²) in [6, 6.07) is 11.2. The van der Waals surface area contributed by atoms with Crippen molar-refractivity contribution in [1.29, 1.82) is 0 Å². The van der Waals surface area contributed by atoms with Gasteiger partial charge in [0.2, 0.25) is 21.8 Å². The van der Waals surface area contributed by atoms with E-state index in [0.717, 1.165) is 16.1 Å². The Labute approximate surface area is 219 Å². The Hall–Kier alpha value is -2.78. The summed E-state index contributed by atoms with van der Waals surface area (Å²) in [7, 11) is -2.26. The number of amides is 2. The molecule has 0 fully saturated rings. The predicted molar refractivity (Wildman–Crippen MR) is 144 cm³/mol. The molecule has 0 saturated heterocycles. The largest absolute Gasteiger partial charge is 0.497 e. The number of hydrogen-bond donors (Lipinski definition) is 1. The molecule has 198 valence electrons. The highest BCUT2D eigenvalue weighted by Gasteiger charge is 2.33. The van der Waals surface area contributed by atoms with E-state index in [1.54, 1.807) is 44.4 Å². The molecule has 2 rings (SSSR count). The van der Waals surface area contributed by atoms with Crippen molar-refractivity contribution in [3.63, 3.8) is 0 Å². The molecule has 0 heterocycles. The number of halogens is 1. The molecule has 0 aliphatic rings. The number of rotatable bonds is 10. The minimum Gasteiger partial charge on any atom is -0.497 e. The highest BCUT2D eigenvalue weighted by molar-refractivity contribution is 7.92. The maximum atomic E-state index is 13.7. The second-order valence-electron chi connectivity index (χ2n) is 9.73. The van der Waals surface area contributed by atoms with Crippen LogP contribution in [0.1, 0.15) is 45.2 Å². The van der Waals surface area contributed by atoms with Crippen molar-refractivity contribution in [2.24, 2.45) is 0 Å². The SMILES string of the molecule is CC[C@H](C(=O)NC(C)(C)C)N(Cc1ccc(OC)cc1)C(=O)CN(c1ccc(Cl)cc1C)S(C)(=O)=O. The van der Waals surface area contributed by atoms with Gasteiger partial charge in [0.15, 0.2) is 0 Å². The molecular formula is C26H36ClN3O5S. The first-order valence-electron chi connectivity index (χ1n) is 11.6. The van der Waals surface area contributed by atoms with E-state index in [9.17, 15) is 18.0 Å². The van der Waals surface area contributed by atoms with Crippen LogP contribution in [0.15, 0.2) is 42.5 Å². The summed E-state index contributed by atoms with van der Waals surface area (Å²) in [6.07, 6.45) is 1.40.